The monoisotopic (exact) mass is 421 g/mol. The minimum absolute atomic E-state index is 0.00166. The van der Waals surface area contributed by atoms with Crippen LogP contribution in [0.5, 0.6) is 0 Å². The topological polar surface area (TPSA) is 64.0 Å². The average Bonchev–Trinajstić information content (AvgIpc) is 3.14. The molecule has 1 aromatic carbocycles. The molecule has 1 unspecified atom stereocenters. The summed E-state index contributed by atoms with van der Waals surface area (Å²) in [5.41, 5.74) is 5.05. The van der Waals surface area contributed by atoms with E-state index < -0.39 is 0 Å². The Morgan fingerprint density at radius 2 is 1.90 bits per heavy atom. The molecule has 0 radical (unpaired) electrons. The van der Waals surface area contributed by atoms with Crippen LogP contribution in [-0.2, 0) is 37.0 Å². The smallest absolute Gasteiger partial charge is 0.262 e. The van der Waals surface area contributed by atoms with Gasteiger partial charge in [-0.15, -0.1) is 11.3 Å². The van der Waals surface area contributed by atoms with Gasteiger partial charge >= 0.3 is 0 Å². The fourth-order valence-corrected chi connectivity index (χ4v) is 6.06. The summed E-state index contributed by atoms with van der Waals surface area (Å²) in [6.45, 7) is 2.00. The van der Waals surface area contributed by atoms with Crippen molar-refractivity contribution in [1.82, 2.24) is 14.9 Å². The summed E-state index contributed by atoms with van der Waals surface area (Å²) < 4.78 is 1.46. The molecule has 2 aliphatic carbocycles. The Morgan fingerprint density at radius 3 is 2.77 bits per heavy atom. The third-order valence-electron chi connectivity index (χ3n) is 6.51. The Labute approximate surface area is 180 Å². The summed E-state index contributed by atoms with van der Waals surface area (Å²) in [4.78, 5) is 32.4. The first-order valence-corrected chi connectivity index (χ1v) is 11.8. The molecule has 30 heavy (non-hydrogen) atoms. The summed E-state index contributed by atoms with van der Waals surface area (Å²) in [6, 6.07) is 6.46. The van der Waals surface area contributed by atoms with Crippen molar-refractivity contribution in [2.45, 2.75) is 70.9 Å². The molecule has 0 aliphatic heterocycles. The maximum absolute atomic E-state index is 13.1. The molecule has 5 rings (SSSR count). The number of nitrogens with zero attached hydrogens (tertiary/aromatic N) is 2. The molecule has 2 heterocycles. The predicted octanol–water partition coefficient (Wildman–Crippen LogP) is 4.09. The second kappa shape index (κ2) is 7.99. The summed E-state index contributed by atoms with van der Waals surface area (Å²) >= 11 is 1.64. The lowest BCUT2D eigenvalue weighted by Crippen LogP contribution is -2.34. The fourth-order valence-electron chi connectivity index (χ4n) is 4.84. The SMILES string of the molecule is CC(NC(=O)Cn1cnc2sc3c(c2c1=O)CCCC3)c1ccc2c(c1)CCCC2. The van der Waals surface area contributed by atoms with Crippen molar-refractivity contribution in [3.8, 4) is 0 Å². The highest BCUT2D eigenvalue weighted by Gasteiger charge is 2.21. The Balaban J connectivity index is 1.33. The number of hydrogen-bond acceptors (Lipinski definition) is 4. The molecule has 1 atom stereocenters. The van der Waals surface area contributed by atoms with Crippen LogP contribution in [0.2, 0.25) is 0 Å². The van der Waals surface area contributed by atoms with E-state index in [9.17, 15) is 9.59 Å². The predicted molar refractivity (Wildman–Crippen MR) is 120 cm³/mol. The van der Waals surface area contributed by atoms with Crippen LogP contribution >= 0.6 is 11.3 Å². The zero-order valence-corrected chi connectivity index (χ0v) is 18.2. The first-order valence-electron chi connectivity index (χ1n) is 11.0. The number of aromatic nitrogens is 2. The van der Waals surface area contributed by atoms with Gasteiger partial charge in [0.1, 0.15) is 11.4 Å². The molecule has 6 heteroatoms. The van der Waals surface area contributed by atoms with E-state index >= 15 is 0 Å². The van der Waals surface area contributed by atoms with E-state index in [4.69, 9.17) is 0 Å². The highest BCUT2D eigenvalue weighted by atomic mass is 32.1. The van der Waals surface area contributed by atoms with Crippen molar-refractivity contribution in [3.63, 3.8) is 0 Å². The second-order valence-corrected chi connectivity index (χ2v) is 9.68. The first-order chi connectivity index (χ1) is 14.6. The van der Waals surface area contributed by atoms with Crippen LogP contribution in [0.15, 0.2) is 29.3 Å². The van der Waals surface area contributed by atoms with E-state index in [0.29, 0.717) is 0 Å². The lowest BCUT2D eigenvalue weighted by molar-refractivity contribution is -0.122. The van der Waals surface area contributed by atoms with Gasteiger partial charge in [-0.25, -0.2) is 4.98 Å². The quantitative estimate of drug-likeness (QED) is 0.690. The van der Waals surface area contributed by atoms with Crippen LogP contribution < -0.4 is 10.9 Å². The molecule has 3 aromatic rings. The number of aryl methyl sites for hydroxylation is 4. The largest absolute Gasteiger partial charge is 0.348 e. The van der Waals surface area contributed by atoms with E-state index in [-0.39, 0.29) is 24.1 Å². The number of carbonyl (C=O) groups is 1. The number of nitrogens with one attached hydrogen (secondary N) is 1. The number of benzene rings is 1. The van der Waals surface area contributed by atoms with E-state index in [1.807, 2.05) is 6.92 Å². The average molecular weight is 422 g/mol. The Morgan fingerprint density at radius 1 is 1.13 bits per heavy atom. The van der Waals surface area contributed by atoms with Gasteiger partial charge in [-0.1, -0.05) is 18.2 Å². The van der Waals surface area contributed by atoms with E-state index in [1.165, 1.54) is 46.2 Å². The molecular weight excluding hydrogens is 394 g/mol. The summed E-state index contributed by atoms with van der Waals surface area (Å²) in [5, 5.41) is 3.79. The number of amides is 1. The van der Waals surface area contributed by atoms with Crippen molar-refractivity contribution in [3.05, 3.63) is 62.0 Å². The molecule has 0 saturated heterocycles. The second-order valence-electron chi connectivity index (χ2n) is 8.59. The summed E-state index contributed by atoms with van der Waals surface area (Å²) in [7, 11) is 0. The van der Waals surface area contributed by atoms with Crippen molar-refractivity contribution in [2.75, 3.05) is 0 Å². The summed E-state index contributed by atoms with van der Waals surface area (Å²) in [6.07, 6.45) is 10.6. The van der Waals surface area contributed by atoms with E-state index in [2.05, 4.69) is 28.5 Å². The van der Waals surface area contributed by atoms with Crippen LogP contribution in [0.3, 0.4) is 0 Å². The van der Waals surface area contributed by atoms with Crippen LogP contribution in [0.1, 0.15) is 65.8 Å². The van der Waals surface area contributed by atoms with Crippen molar-refractivity contribution < 1.29 is 4.79 Å². The zero-order chi connectivity index (χ0) is 20.7. The third kappa shape index (κ3) is 3.58. The normalized spacial score (nSPS) is 16.7. The number of hydrogen-bond donors (Lipinski definition) is 1. The van der Waals surface area contributed by atoms with Crippen molar-refractivity contribution in [2.24, 2.45) is 0 Å². The van der Waals surface area contributed by atoms with Crippen molar-refractivity contribution in [1.29, 1.82) is 0 Å². The molecule has 1 amide bonds. The lowest BCUT2D eigenvalue weighted by Gasteiger charge is -2.20. The highest BCUT2D eigenvalue weighted by molar-refractivity contribution is 7.18. The number of thiophene rings is 1. The van der Waals surface area contributed by atoms with Gasteiger partial charge in [-0.05, 0) is 80.5 Å². The molecule has 2 aliphatic rings. The van der Waals surface area contributed by atoms with Crippen LogP contribution in [0.4, 0.5) is 0 Å². The highest BCUT2D eigenvalue weighted by Crippen LogP contribution is 2.33. The van der Waals surface area contributed by atoms with Crippen molar-refractivity contribution >= 4 is 27.5 Å². The Bertz CT molecular complexity index is 1180. The minimum atomic E-state index is -0.160. The molecule has 0 spiro atoms. The standard InChI is InChI=1S/C24H27N3O2S/c1-15(17-11-10-16-6-2-3-7-18(16)12-17)26-21(28)13-27-14-25-23-22(24(27)29)19-8-4-5-9-20(19)30-23/h10-12,14-15H,2-9,13H2,1H3,(H,26,28). The van der Waals surface area contributed by atoms with Gasteiger partial charge in [0, 0.05) is 4.88 Å². The van der Waals surface area contributed by atoms with Crippen LogP contribution in [-0.4, -0.2) is 15.5 Å². The van der Waals surface area contributed by atoms with Gasteiger partial charge in [-0.2, -0.15) is 0 Å². The van der Waals surface area contributed by atoms with Gasteiger partial charge < -0.3 is 5.32 Å². The van der Waals surface area contributed by atoms with Crippen LogP contribution in [0.25, 0.3) is 10.2 Å². The minimum Gasteiger partial charge on any atom is -0.348 e. The maximum Gasteiger partial charge on any atom is 0.262 e. The van der Waals surface area contributed by atoms with Gasteiger partial charge in [0.2, 0.25) is 5.91 Å². The Kier molecular flexibility index (Phi) is 5.19. The molecule has 1 N–H and O–H groups in total. The number of rotatable bonds is 4. The molecule has 0 fully saturated rings. The number of carbonyl (C=O) groups excluding carboxylic acids is 1. The van der Waals surface area contributed by atoms with Gasteiger partial charge in [0.15, 0.2) is 0 Å². The van der Waals surface area contributed by atoms with E-state index in [1.54, 1.807) is 11.3 Å². The number of fused-ring (bicyclic) bond motifs is 4. The molecule has 0 bridgehead atoms. The molecule has 156 valence electrons. The molecule has 2 aromatic heterocycles. The first kappa shape index (κ1) is 19.5. The third-order valence-corrected chi connectivity index (χ3v) is 7.71. The van der Waals surface area contributed by atoms with Gasteiger partial charge in [-0.3, -0.25) is 14.2 Å². The van der Waals surface area contributed by atoms with Crippen LogP contribution in [0, 0.1) is 0 Å². The maximum atomic E-state index is 13.1. The van der Waals surface area contributed by atoms with E-state index in [0.717, 1.165) is 53.4 Å². The van der Waals surface area contributed by atoms with Gasteiger partial charge in [0.05, 0.1) is 17.8 Å². The molecule has 0 saturated carbocycles. The molecule has 5 nitrogen and oxygen atoms in total. The Hall–Kier alpha value is -2.47. The summed E-state index contributed by atoms with van der Waals surface area (Å²) in [5.74, 6) is -0.160. The fraction of sp³-hybridized carbons (Fsp3) is 0.458. The molecular formula is C24H27N3O2S. The van der Waals surface area contributed by atoms with Gasteiger partial charge in [0.25, 0.3) is 5.56 Å². The lowest BCUT2D eigenvalue weighted by atomic mass is 9.89. The zero-order valence-electron chi connectivity index (χ0n) is 17.4.